The minimum Gasteiger partial charge on any atom is -0.368 e. The molecule has 0 unspecified atom stereocenters. The van der Waals surface area contributed by atoms with Crippen LogP contribution in [0.5, 0.6) is 0 Å². The summed E-state index contributed by atoms with van der Waals surface area (Å²) in [5, 5.41) is 14.1. The zero-order chi connectivity index (χ0) is 16.2. The first-order valence-electron chi connectivity index (χ1n) is 6.77. The van der Waals surface area contributed by atoms with Crippen molar-refractivity contribution >= 4 is 23.2 Å². The van der Waals surface area contributed by atoms with Gasteiger partial charge in [-0.3, -0.25) is 0 Å². The summed E-state index contributed by atoms with van der Waals surface area (Å²) in [5.41, 5.74) is 0.256. The number of benzene rings is 1. The van der Waals surface area contributed by atoms with E-state index in [1.54, 1.807) is 30.3 Å². The third-order valence-electron chi connectivity index (χ3n) is 2.98. The zero-order valence-corrected chi connectivity index (χ0v) is 12.6. The molecule has 3 rings (SSSR count). The van der Waals surface area contributed by atoms with Gasteiger partial charge in [-0.05, 0) is 24.3 Å². The number of nitrogens with one attached hydrogen (secondary N) is 1. The van der Waals surface area contributed by atoms with E-state index in [0.717, 1.165) is 4.52 Å². The van der Waals surface area contributed by atoms with Gasteiger partial charge in [0.1, 0.15) is 11.6 Å². The van der Waals surface area contributed by atoms with Gasteiger partial charge in [-0.25, -0.2) is 13.2 Å². The number of thioether (sulfide) groups is 1. The van der Waals surface area contributed by atoms with Crippen molar-refractivity contribution in [1.29, 1.82) is 0 Å². The Balaban J connectivity index is 1.61. The van der Waals surface area contributed by atoms with Gasteiger partial charge in [0.05, 0.1) is 0 Å². The molecular weight excluding hydrogens is 327 g/mol. The molecule has 0 spiro atoms. The Morgan fingerprint density at radius 1 is 1.13 bits per heavy atom. The summed E-state index contributed by atoms with van der Waals surface area (Å²) in [4.78, 5) is 0.566. The van der Waals surface area contributed by atoms with Gasteiger partial charge >= 0.3 is 0 Å². The summed E-state index contributed by atoms with van der Waals surface area (Å²) in [6.45, 7) is 0.504. The van der Waals surface area contributed by atoms with Crippen LogP contribution in [0, 0.1) is 5.82 Å². The molecule has 0 fully saturated rings. The molecule has 9 heteroatoms. The van der Waals surface area contributed by atoms with Crippen molar-refractivity contribution in [2.45, 2.75) is 11.3 Å². The second-order valence-electron chi connectivity index (χ2n) is 4.55. The largest absolute Gasteiger partial charge is 0.368 e. The van der Waals surface area contributed by atoms with Gasteiger partial charge in [0.2, 0.25) is 5.82 Å². The van der Waals surface area contributed by atoms with E-state index in [2.05, 4.69) is 20.6 Å². The number of rotatable bonds is 6. The number of nitrogens with zero attached hydrogens (tertiary/aromatic N) is 4. The molecule has 2 aromatic heterocycles. The third-order valence-corrected chi connectivity index (χ3v) is 4.03. The third kappa shape index (κ3) is 3.55. The van der Waals surface area contributed by atoms with Crippen molar-refractivity contribution in [2.24, 2.45) is 0 Å². The summed E-state index contributed by atoms with van der Waals surface area (Å²) in [6.07, 6.45) is -2.75. The fourth-order valence-corrected chi connectivity index (χ4v) is 2.74. The van der Waals surface area contributed by atoms with Crippen LogP contribution in [0.1, 0.15) is 12.2 Å². The zero-order valence-electron chi connectivity index (χ0n) is 11.8. The van der Waals surface area contributed by atoms with Crippen molar-refractivity contribution < 1.29 is 13.2 Å². The van der Waals surface area contributed by atoms with Crippen LogP contribution in [-0.2, 0) is 0 Å². The predicted octanol–water partition coefficient (Wildman–Crippen LogP) is 3.41. The highest BCUT2D eigenvalue weighted by Crippen LogP contribution is 2.21. The second kappa shape index (κ2) is 6.86. The highest BCUT2D eigenvalue weighted by molar-refractivity contribution is 7.99. The maximum atomic E-state index is 13.5. The summed E-state index contributed by atoms with van der Waals surface area (Å²) in [6, 6.07) is 9.70. The first-order valence-corrected chi connectivity index (χ1v) is 7.75. The molecule has 0 aliphatic heterocycles. The van der Waals surface area contributed by atoms with Crippen molar-refractivity contribution in [3.05, 3.63) is 48.0 Å². The first-order chi connectivity index (χ1) is 11.1. The minimum absolute atomic E-state index is 0.256. The summed E-state index contributed by atoms with van der Waals surface area (Å²) in [7, 11) is 0. The van der Waals surface area contributed by atoms with Crippen molar-refractivity contribution in [3.8, 4) is 0 Å². The molecule has 0 saturated heterocycles. The lowest BCUT2D eigenvalue weighted by Gasteiger charge is -2.06. The molecule has 0 bridgehead atoms. The number of hydrogen-bond donors (Lipinski definition) is 1. The van der Waals surface area contributed by atoms with Crippen LogP contribution >= 0.6 is 11.8 Å². The van der Waals surface area contributed by atoms with Crippen LogP contribution in [0.25, 0.3) is 5.65 Å². The molecule has 120 valence electrons. The summed E-state index contributed by atoms with van der Waals surface area (Å²) < 4.78 is 40.0. The molecule has 23 heavy (non-hydrogen) atoms. The molecular formula is C14H12F3N5S. The second-order valence-corrected chi connectivity index (χ2v) is 5.69. The Hall–Kier alpha value is -2.29. The average molecular weight is 339 g/mol. The lowest BCUT2D eigenvalue weighted by Crippen LogP contribution is -2.08. The van der Waals surface area contributed by atoms with Crippen molar-refractivity contribution in [1.82, 2.24) is 19.8 Å². The average Bonchev–Trinajstić information content (AvgIpc) is 2.96. The molecule has 5 nitrogen and oxygen atoms in total. The highest BCUT2D eigenvalue weighted by Gasteiger charge is 2.16. The van der Waals surface area contributed by atoms with E-state index in [-0.39, 0.29) is 11.5 Å². The van der Waals surface area contributed by atoms with E-state index < -0.39 is 12.2 Å². The van der Waals surface area contributed by atoms with E-state index >= 15 is 0 Å². The van der Waals surface area contributed by atoms with Crippen molar-refractivity contribution in [3.63, 3.8) is 0 Å². The van der Waals surface area contributed by atoms with E-state index in [0.29, 0.717) is 23.0 Å². The van der Waals surface area contributed by atoms with Crippen LogP contribution in [0.3, 0.4) is 0 Å². The lowest BCUT2D eigenvalue weighted by molar-refractivity contribution is 0.137. The van der Waals surface area contributed by atoms with Crippen LogP contribution in [0.15, 0.2) is 41.3 Å². The molecule has 1 N–H and O–H groups in total. The molecule has 0 saturated carbocycles. The number of aromatic nitrogens is 4. The van der Waals surface area contributed by atoms with Gasteiger partial charge in [-0.15, -0.1) is 27.1 Å². The molecule has 0 amide bonds. The standard InChI is InChI=1S/C14H12F3N5S/c15-9-3-1-2-4-10(9)23-8-7-18-11-5-6-12-19-20-14(13(16)17)22(12)21-11/h1-6,13H,7-8H2,(H,18,21). The van der Waals surface area contributed by atoms with Crippen LogP contribution in [0.2, 0.25) is 0 Å². The number of fused-ring (bicyclic) bond motifs is 1. The Morgan fingerprint density at radius 2 is 1.96 bits per heavy atom. The summed E-state index contributed by atoms with van der Waals surface area (Å²) >= 11 is 1.36. The molecule has 0 atom stereocenters. The Bertz CT molecular complexity index is 808. The summed E-state index contributed by atoms with van der Waals surface area (Å²) in [5.74, 6) is 0.269. The maximum Gasteiger partial charge on any atom is 0.299 e. The number of alkyl halides is 2. The Labute approximate surface area is 133 Å². The van der Waals surface area contributed by atoms with Crippen molar-refractivity contribution in [2.75, 3.05) is 17.6 Å². The highest BCUT2D eigenvalue weighted by atomic mass is 32.2. The van der Waals surface area contributed by atoms with E-state index in [9.17, 15) is 13.2 Å². The van der Waals surface area contributed by atoms with Gasteiger partial charge in [-0.2, -0.15) is 4.52 Å². The van der Waals surface area contributed by atoms with Gasteiger partial charge in [0, 0.05) is 17.2 Å². The van der Waals surface area contributed by atoms with Gasteiger partial charge in [0.25, 0.3) is 6.43 Å². The Morgan fingerprint density at radius 3 is 2.74 bits per heavy atom. The van der Waals surface area contributed by atoms with Gasteiger partial charge in [-0.1, -0.05) is 12.1 Å². The fraction of sp³-hybridized carbons (Fsp3) is 0.214. The minimum atomic E-state index is -2.75. The quantitative estimate of drug-likeness (QED) is 0.551. The van der Waals surface area contributed by atoms with E-state index in [1.807, 2.05) is 0 Å². The van der Waals surface area contributed by atoms with Gasteiger partial charge < -0.3 is 5.32 Å². The first kappa shape index (κ1) is 15.6. The van der Waals surface area contributed by atoms with E-state index in [4.69, 9.17) is 0 Å². The number of halogens is 3. The molecule has 3 aromatic rings. The monoisotopic (exact) mass is 339 g/mol. The molecule has 0 aliphatic rings. The maximum absolute atomic E-state index is 13.5. The van der Waals surface area contributed by atoms with Gasteiger partial charge in [0.15, 0.2) is 5.65 Å². The topological polar surface area (TPSA) is 55.1 Å². The van der Waals surface area contributed by atoms with Crippen LogP contribution in [0.4, 0.5) is 19.0 Å². The number of anilines is 1. The Kier molecular flexibility index (Phi) is 4.65. The molecule has 1 aromatic carbocycles. The molecule has 0 aliphatic carbocycles. The van der Waals surface area contributed by atoms with E-state index in [1.165, 1.54) is 17.8 Å². The molecule has 0 radical (unpaired) electrons. The smallest absolute Gasteiger partial charge is 0.299 e. The van der Waals surface area contributed by atoms with Crippen LogP contribution < -0.4 is 5.32 Å². The van der Waals surface area contributed by atoms with Crippen LogP contribution in [-0.4, -0.2) is 32.1 Å². The predicted molar refractivity (Wildman–Crippen MR) is 81.4 cm³/mol. The fourth-order valence-electron chi connectivity index (χ4n) is 1.94. The number of hydrogen-bond acceptors (Lipinski definition) is 5. The normalized spacial score (nSPS) is 11.3. The lowest BCUT2D eigenvalue weighted by atomic mass is 10.3. The SMILES string of the molecule is Fc1ccccc1SCCNc1ccc2nnc(C(F)F)n2n1. The molecule has 2 heterocycles.